The van der Waals surface area contributed by atoms with E-state index in [4.69, 9.17) is 4.74 Å². The summed E-state index contributed by atoms with van der Waals surface area (Å²) in [5.74, 6) is -0.465. The zero-order chi connectivity index (χ0) is 11.8. The van der Waals surface area contributed by atoms with Crippen LogP contribution < -0.4 is 0 Å². The van der Waals surface area contributed by atoms with Crippen LogP contribution in [0.5, 0.6) is 0 Å². The van der Waals surface area contributed by atoms with Crippen LogP contribution in [0.1, 0.15) is 5.56 Å². The van der Waals surface area contributed by atoms with Crippen molar-refractivity contribution in [2.45, 2.75) is 6.42 Å². The maximum absolute atomic E-state index is 11.5. The van der Waals surface area contributed by atoms with E-state index in [1.54, 1.807) is 12.8 Å². The first-order valence-corrected chi connectivity index (χ1v) is 5.19. The van der Waals surface area contributed by atoms with Crippen molar-refractivity contribution in [3.63, 3.8) is 0 Å². The van der Waals surface area contributed by atoms with Crippen LogP contribution in [0.2, 0.25) is 0 Å². The highest BCUT2D eigenvalue weighted by molar-refractivity contribution is 5.74. The van der Waals surface area contributed by atoms with Crippen molar-refractivity contribution in [1.82, 2.24) is 0 Å². The summed E-state index contributed by atoms with van der Waals surface area (Å²) in [6.07, 6.45) is 5.88. The van der Waals surface area contributed by atoms with Crippen LogP contribution in [0.4, 0.5) is 0 Å². The Bertz CT molecular complexity index is 306. The third-order valence-corrected chi connectivity index (χ3v) is 2.28. The average Bonchev–Trinajstić information content (AvgIpc) is 2.34. The fourth-order valence-corrected chi connectivity index (χ4v) is 1.46. The van der Waals surface area contributed by atoms with Gasteiger partial charge in [0.2, 0.25) is 0 Å². The number of hydrogen-bond acceptors (Lipinski definition) is 2. The largest absolute Gasteiger partial charge is 0.469 e. The van der Waals surface area contributed by atoms with E-state index in [1.165, 1.54) is 7.11 Å². The van der Waals surface area contributed by atoms with E-state index in [9.17, 15) is 4.79 Å². The van der Waals surface area contributed by atoms with Gasteiger partial charge in [0.1, 0.15) is 0 Å². The first kappa shape index (κ1) is 12.8. The van der Waals surface area contributed by atoms with Gasteiger partial charge in [-0.25, -0.2) is 0 Å². The van der Waals surface area contributed by atoms with Crippen molar-refractivity contribution in [2.75, 3.05) is 7.11 Å². The fraction of sp³-hybridized carbons (Fsp3) is 0.214. The van der Waals surface area contributed by atoms with E-state index in [1.807, 2.05) is 36.8 Å². The summed E-state index contributed by atoms with van der Waals surface area (Å²) in [4.78, 5) is 11.5. The molecule has 0 aromatic heterocycles. The molecule has 0 bridgehead atoms. The number of rotatable bonds is 6. The summed E-state index contributed by atoms with van der Waals surface area (Å²) in [6, 6.07) is 9.87. The van der Waals surface area contributed by atoms with E-state index < -0.39 is 0 Å². The van der Waals surface area contributed by atoms with Crippen molar-refractivity contribution in [3.05, 3.63) is 62.1 Å². The Morgan fingerprint density at radius 2 is 2.12 bits per heavy atom. The normalized spacial score (nSPS) is 12.1. The van der Waals surface area contributed by atoms with Gasteiger partial charge in [0.15, 0.2) is 0 Å². The lowest BCUT2D eigenvalue weighted by atomic mass is 9.94. The zero-order valence-electron chi connectivity index (χ0n) is 9.43. The van der Waals surface area contributed by atoms with Crippen LogP contribution in [-0.2, 0) is 16.0 Å². The van der Waals surface area contributed by atoms with E-state index >= 15 is 0 Å². The Morgan fingerprint density at radius 1 is 1.44 bits per heavy atom. The van der Waals surface area contributed by atoms with Gasteiger partial charge in [-0.2, -0.15) is 0 Å². The number of unbranched alkanes of at least 4 members (excludes halogenated alkanes) is 1. The molecule has 16 heavy (non-hydrogen) atoms. The first-order chi connectivity index (χ1) is 7.77. The molecule has 0 spiro atoms. The number of hydrogen-bond donors (Lipinski definition) is 0. The van der Waals surface area contributed by atoms with Crippen LogP contribution in [0.25, 0.3) is 0 Å². The number of methoxy groups -OCH3 is 1. The van der Waals surface area contributed by atoms with Crippen molar-refractivity contribution in [2.24, 2.45) is 5.92 Å². The number of benzene rings is 1. The lowest BCUT2D eigenvalue weighted by Crippen LogP contribution is -2.19. The monoisotopic (exact) mass is 216 g/mol. The summed E-state index contributed by atoms with van der Waals surface area (Å²) < 4.78 is 4.76. The van der Waals surface area contributed by atoms with Crippen LogP contribution >= 0.6 is 0 Å². The van der Waals surface area contributed by atoms with Gasteiger partial charge in [0.05, 0.1) is 13.0 Å². The molecule has 0 saturated heterocycles. The Hall–Kier alpha value is -1.31. The minimum Gasteiger partial charge on any atom is -0.469 e. The third kappa shape index (κ3) is 4.05. The molecular weight excluding hydrogens is 200 g/mol. The van der Waals surface area contributed by atoms with Crippen LogP contribution in [-0.4, -0.2) is 13.1 Å². The molecule has 0 aliphatic rings. The molecule has 2 heteroatoms. The van der Waals surface area contributed by atoms with Crippen LogP contribution in [0.15, 0.2) is 30.3 Å². The van der Waals surface area contributed by atoms with E-state index in [-0.39, 0.29) is 11.9 Å². The molecule has 1 aromatic rings. The van der Waals surface area contributed by atoms with Gasteiger partial charge in [-0.3, -0.25) is 4.79 Å². The second kappa shape index (κ2) is 7.04. The molecule has 2 nitrogen and oxygen atoms in total. The Balaban J connectivity index is 2.59. The summed E-state index contributed by atoms with van der Waals surface area (Å²) >= 11 is 0. The van der Waals surface area contributed by atoms with Gasteiger partial charge >= 0.3 is 5.97 Å². The molecule has 84 valence electrons. The molecule has 0 unspecified atom stereocenters. The molecule has 0 aliphatic heterocycles. The lowest BCUT2D eigenvalue weighted by Gasteiger charge is -2.13. The van der Waals surface area contributed by atoms with E-state index in [0.29, 0.717) is 6.42 Å². The highest BCUT2D eigenvalue weighted by Gasteiger charge is 2.19. The topological polar surface area (TPSA) is 26.3 Å². The predicted octanol–water partition coefficient (Wildman–Crippen LogP) is 2.47. The highest BCUT2D eigenvalue weighted by atomic mass is 16.5. The lowest BCUT2D eigenvalue weighted by molar-refractivity contribution is -0.144. The van der Waals surface area contributed by atoms with Crippen molar-refractivity contribution < 1.29 is 9.53 Å². The number of ether oxygens (including phenoxy) is 1. The van der Waals surface area contributed by atoms with Crippen LogP contribution in [0, 0.1) is 32.1 Å². The molecule has 0 saturated carbocycles. The first-order valence-electron chi connectivity index (χ1n) is 5.19. The Labute approximate surface area is 97.6 Å². The molecule has 4 radical (unpaired) electrons. The number of carbonyl (C=O) groups excluding carboxylic acids is 1. The second-order valence-electron chi connectivity index (χ2n) is 3.44. The van der Waals surface area contributed by atoms with Crippen molar-refractivity contribution >= 4 is 5.97 Å². The zero-order valence-corrected chi connectivity index (χ0v) is 9.43. The molecule has 1 aromatic carbocycles. The molecule has 0 heterocycles. The molecule has 1 atom stereocenters. The smallest absolute Gasteiger partial charge is 0.309 e. The standard InChI is InChI=1S/C14H16O2/c1-3-4-10-13(14(15)16-2)11-12-8-6-5-7-9-12/h3-10,13H,1,11H2,2H3/t13-/m0/s1. The summed E-state index contributed by atoms with van der Waals surface area (Å²) in [6.45, 7) is 3.59. The average molecular weight is 216 g/mol. The summed E-state index contributed by atoms with van der Waals surface area (Å²) in [5.41, 5.74) is 1.12. The fourth-order valence-electron chi connectivity index (χ4n) is 1.46. The Kier molecular flexibility index (Phi) is 5.62. The molecule has 1 rings (SSSR count). The number of carbonyl (C=O) groups is 1. The molecule has 0 N–H and O–H groups in total. The maximum atomic E-state index is 11.5. The molecule has 0 amide bonds. The van der Waals surface area contributed by atoms with Gasteiger partial charge < -0.3 is 4.74 Å². The summed E-state index contributed by atoms with van der Waals surface area (Å²) in [5, 5.41) is 0. The minimum absolute atomic E-state index is 0.220. The third-order valence-electron chi connectivity index (χ3n) is 2.28. The number of esters is 1. The second-order valence-corrected chi connectivity index (χ2v) is 3.44. The van der Waals surface area contributed by atoms with Gasteiger partial charge in [-0.15, -0.1) is 0 Å². The van der Waals surface area contributed by atoms with Gasteiger partial charge in [-0.1, -0.05) is 30.3 Å². The van der Waals surface area contributed by atoms with Crippen molar-refractivity contribution in [1.29, 1.82) is 0 Å². The van der Waals surface area contributed by atoms with Crippen LogP contribution in [0.3, 0.4) is 0 Å². The highest BCUT2D eigenvalue weighted by Crippen LogP contribution is 2.15. The van der Waals surface area contributed by atoms with E-state index in [2.05, 4.69) is 6.92 Å². The molecule has 0 fully saturated rings. The quantitative estimate of drug-likeness (QED) is 0.683. The minimum atomic E-state index is -0.245. The molecule has 0 aliphatic carbocycles. The SMILES string of the molecule is [CH2][CH][CH][CH][C@@H](Cc1ccccc1)C(=O)OC. The van der Waals surface area contributed by atoms with Gasteiger partial charge in [0, 0.05) is 0 Å². The van der Waals surface area contributed by atoms with E-state index in [0.717, 1.165) is 5.56 Å². The predicted molar refractivity (Wildman–Crippen MR) is 63.9 cm³/mol. The maximum Gasteiger partial charge on any atom is 0.309 e. The molecular formula is C14H16O2. The Morgan fingerprint density at radius 3 is 2.69 bits per heavy atom. The van der Waals surface area contributed by atoms with Crippen molar-refractivity contribution in [3.8, 4) is 0 Å². The van der Waals surface area contributed by atoms with Gasteiger partial charge in [0.25, 0.3) is 0 Å². The summed E-state index contributed by atoms with van der Waals surface area (Å²) in [7, 11) is 1.40. The van der Waals surface area contributed by atoms with Gasteiger partial charge in [-0.05, 0) is 38.2 Å².